The Labute approximate surface area is 161 Å². The second-order valence-corrected chi connectivity index (χ2v) is 7.56. The van der Waals surface area contributed by atoms with Crippen molar-refractivity contribution in [1.82, 2.24) is 14.5 Å². The molecule has 26 heavy (non-hydrogen) atoms. The lowest BCUT2D eigenvalue weighted by atomic mass is 9.84. The van der Waals surface area contributed by atoms with Gasteiger partial charge >= 0.3 is 0 Å². The third-order valence-electron chi connectivity index (χ3n) is 4.83. The number of benzene rings is 1. The molecule has 0 saturated heterocycles. The van der Waals surface area contributed by atoms with Crippen molar-refractivity contribution in [2.75, 3.05) is 0 Å². The normalized spacial score (nSPS) is 15.5. The van der Waals surface area contributed by atoms with Crippen LogP contribution in [-0.4, -0.2) is 19.6 Å². The number of aryl methyl sites for hydroxylation is 1. The fourth-order valence-electron chi connectivity index (χ4n) is 3.49. The summed E-state index contributed by atoms with van der Waals surface area (Å²) in [5.74, 6) is 0. The molecule has 4 rings (SSSR count). The largest absolute Gasteiger partial charge is 0.379 e. The Morgan fingerprint density at radius 1 is 1.15 bits per heavy atom. The highest BCUT2D eigenvalue weighted by atomic mass is 35.5. The van der Waals surface area contributed by atoms with Gasteiger partial charge in [-0.25, -0.2) is 4.98 Å². The van der Waals surface area contributed by atoms with E-state index >= 15 is 0 Å². The third-order valence-corrected chi connectivity index (χ3v) is 5.27. The van der Waals surface area contributed by atoms with Crippen molar-refractivity contribution in [2.45, 2.75) is 18.9 Å². The maximum absolute atomic E-state index is 11.5. The second kappa shape index (κ2) is 6.23. The molecule has 0 fully saturated rings. The molecule has 1 unspecified atom stereocenters. The van der Waals surface area contributed by atoms with Crippen LogP contribution in [0.1, 0.15) is 35.0 Å². The van der Waals surface area contributed by atoms with Gasteiger partial charge in [0.25, 0.3) is 0 Å². The SMILES string of the molecule is Cn1cncc1C(C)(O)C1=Cc2cc(Cl)cnc2Cc2ccc(Cl)cc21. The first-order valence-electron chi connectivity index (χ1n) is 8.21. The van der Waals surface area contributed by atoms with Gasteiger partial charge in [-0.2, -0.15) is 0 Å². The monoisotopic (exact) mass is 385 g/mol. The van der Waals surface area contributed by atoms with Gasteiger partial charge in [-0.15, -0.1) is 0 Å². The number of nitrogens with zero attached hydrogens (tertiary/aromatic N) is 3. The molecular formula is C20H17Cl2N3O. The number of hydrogen-bond acceptors (Lipinski definition) is 3. The summed E-state index contributed by atoms with van der Waals surface area (Å²) in [6.07, 6.45) is 7.58. The first kappa shape index (κ1) is 17.3. The van der Waals surface area contributed by atoms with Crippen LogP contribution in [-0.2, 0) is 19.1 Å². The van der Waals surface area contributed by atoms with Gasteiger partial charge in [0.05, 0.1) is 28.9 Å². The molecular weight excluding hydrogens is 369 g/mol. The number of pyridine rings is 1. The zero-order valence-electron chi connectivity index (χ0n) is 14.4. The molecule has 2 heterocycles. The zero-order valence-corrected chi connectivity index (χ0v) is 15.9. The molecule has 1 aliphatic rings. The summed E-state index contributed by atoms with van der Waals surface area (Å²) in [7, 11) is 1.86. The van der Waals surface area contributed by atoms with Gasteiger partial charge in [-0.1, -0.05) is 29.3 Å². The van der Waals surface area contributed by atoms with Crippen molar-refractivity contribution in [3.05, 3.63) is 81.1 Å². The van der Waals surface area contributed by atoms with Crippen molar-refractivity contribution in [1.29, 1.82) is 0 Å². The van der Waals surface area contributed by atoms with Crippen LogP contribution < -0.4 is 0 Å². The predicted octanol–water partition coefficient (Wildman–Crippen LogP) is 4.47. The van der Waals surface area contributed by atoms with Gasteiger partial charge in [0.15, 0.2) is 0 Å². The number of aliphatic hydroxyl groups is 1. The predicted molar refractivity (Wildman–Crippen MR) is 104 cm³/mol. The van der Waals surface area contributed by atoms with E-state index in [1.54, 1.807) is 25.6 Å². The summed E-state index contributed by atoms with van der Waals surface area (Å²) >= 11 is 12.4. The molecule has 1 N–H and O–H groups in total. The smallest absolute Gasteiger partial charge is 0.129 e. The molecule has 132 valence electrons. The minimum absolute atomic E-state index is 0.559. The molecule has 2 aromatic heterocycles. The van der Waals surface area contributed by atoms with E-state index in [1.165, 1.54) is 0 Å². The molecule has 0 bridgehead atoms. The van der Waals surface area contributed by atoms with E-state index in [4.69, 9.17) is 23.2 Å². The summed E-state index contributed by atoms with van der Waals surface area (Å²) in [5, 5.41) is 12.7. The molecule has 3 aromatic rings. The van der Waals surface area contributed by atoms with Gasteiger partial charge in [0.1, 0.15) is 5.60 Å². The van der Waals surface area contributed by atoms with Crippen LogP contribution in [0.3, 0.4) is 0 Å². The maximum Gasteiger partial charge on any atom is 0.129 e. The van der Waals surface area contributed by atoms with Gasteiger partial charge in [-0.05, 0) is 53.5 Å². The Kier molecular flexibility index (Phi) is 4.14. The van der Waals surface area contributed by atoms with E-state index in [2.05, 4.69) is 9.97 Å². The maximum atomic E-state index is 11.5. The van der Waals surface area contributed by atoms with Crippen molar-refractivity contribution < 1.29 is 5.11 Å². The Morgan fingerprint density at radius 3 is 2.69 bits per heavy atom. The Morgan fingerprint density at radius 2 is 1.96 bits per heavy atom. The zero-order chi connectivity index (χ0) is 18.5. The van der Waals surface area contributed by atoms with Crippen LogP contribution in [0.4, 0.5) is 0 Å². The first-order chi connectivity index (χ1) is 12.4. The molecule has 0 amide bonds. The van der Waals surface area contributed by atoms with Gasteiger partial charge in [-0.3, -0.25) is 4.98 Å². The molecule has 1 aliphatic carbocycles. The minimum atomic E-state index is -1.27. The third kappa shape index (κ3) is 2.84. The van der Waals surface area contributed by atoms with E-state index in [0.29, 0.717) is 22.2 Å². The molecule has 6 heteroatoms. The van der Waals surface area contributed by atoms with Gasteiger partial charge in [0, 0.05) is 24.7 Å². The van der Waals surface area contributed by atoms with Crippen LogP contribution in [0.2, 0.25) is 10.0 Å². The fraction of sp³-hybridized carbons (Fsp3) is 0.200. The number of hydrogen-bond donors (Lipinski definition) is 1. The first-order valence-corrected chi connectivity index (χ1v) is 8.96. The van der Waals surface area contributed by atoms with Gasteiger partial charge < -0.3 is 9.67 Å². The lowest BCUT2D eigenvalue weighted by Gasteiger charge is -2.28. The van der Waals surface area contributed by atoms with Crippen molar-refractivity contribution in [2.24, 2.45) is 7.05 Å². The summed E-state index contributed by atoms with van der Waals surface area (Å²) in [5.41, 5.74) is 3.91. The molecule has 0 saturated carbocycles. The standard InChI is InChI=1S/C20H17Cl2N3O/c1-20(26,19-10-23-11-25(19)2)17-6-13-5-15(22)9-24-18(13)7-12-3-4-14(21)8-16(12)17/h3-6,8-11,26H,7H2,1-2H3. The minimum Gasteiger partial charge on any atom is -0.379 e. The fourth-order valence-corrected chi connectivity index (χ4v) is 3.83. The molecule has 1 aromatic carbocycles. The Hall–Kier alpha value is -2.14. The summed E-state index contributed by atoms with van der Waals surface area (Å²) < 4.78 is 1.81. The van der Waals surface area contributed by atoms with Crippen molar-refractivity contribution >= 4 is 34.9 Å². The van der Waals surface area contributed by atoms with Crippen LogP contribution in [0, 0.1) is 0 Å². The van der Waals surface area contributed by atoms with E-state index in [9.17, 15) is 5.11 Å². The molecule has 1 atom stereocenters. The Balaban J connectivity index is 2.01. The molecule has 4 nitrogen and oxygen atoms in total. The van der Waals surface area contributed by atoms with Gasteiger partial charge in [0.2, 0.25) is 0 Å². The topological polar surface area (TPSA) is 50.9 Å². The van der Waals surface area contributed by atoms with Crippen molar-refractivity contribution in [3.8, 4) is 0 Å². The summed E-state index contributed by atoms with van der Waals surface area (Å²) in [6.45, 7) is 1.77. The average molecular weight is 386 g/mol. The Bertz CT molecular complexity index is 1040. The number of imidazole rings is 1. The highest BCUT2D eigenvalue weighted by Gasteiger charge is 2.34. The highest BCUT2D eigenvalue weighted by molar-refractivity contribution is 6.31. The summed E-state index contributed by atoms with van der Waals surface area (Å²) in [6, 6.07) is 7.60. The lowest BCUT2D eigenvalue weighted by Crippen LogP contribution is -2.26. The molecule has 0 radical (unpaired) electrons. The van der Waals surface area contributed by atoms with Crippen LogP contribution >= 0.6 is 23.2 Å². The molecule has 0 aliphatic heterocycles. The average Bonchev–Trinajstić information content (AvgIpc) is 2.96. The van der Waals surface area contributed by atoms with E-state index in [0.717, 1.165) is 28.0 Å². The summed E-state index contributed by atoms with van der Waals surface area (Å²) in [4.78, 5) is 8.64. The van der Waals surface area contributed by atoms with E-state index in [-0.39, 0.29) is 0 Å². The second-order valence-electron chi connectivity index (χ2n) is 6.69. The van der Waals surface area contributed by atoms with E-state index < -0.39 is 5.60 Å². The van der Waals surface area contributed by atoms with Crippen LogP contribution in [0.5, 0.6) is 0 Å². The van der Waals surface area contributed by atoms with Crippen LogP contribution in [0.25, 0.3) is 11.6 Å². The molecule has 0 spiro atoms. The van der Waals surface area contributed by atoms with Crippen molar-refractivity contribution in [3.63, 3.8) is 0 Å². The van der Waals surface area contributed by atoms with E-state index in [1.807, 2.05) is 42.0 Å². The quantitative estimate of drug-likeness (QED) is 0.707. The number of aromatic nitrogens is 3. The van der Waals surface area contributed by atoms with Crippen LogP contribution in [0.15, 0.2) is 43.0 Å². The number of halogens is 2. The highest BCUT2D eigenvalue weighted by Crippen LogP contribution is 2.42. The number of rotatable bonds is 2. The lowest BCUT2D eigenvalue weighted by molar-refractivity contribution is 0.115. The number of fused-ring (bicyclic) bond motifs is 2.